The quantitative estimate of drug-likeness (QED) is 0.707. The first kappa shape index (κ1) is 15.9. The lowest BCUT2D eigenvalue weighted by Crippen LogP contribution is -2.31. The lowest BCUT2D eigenvalue weighted by atomic mass is 9.98. The maximum absolute atomic E-state index is 12.1. The number of aromatic nitrogens is 2. The Balaban J connectivity index is 2.12. The molecule has 1 heterocycles. The second-order valence-electron chi connectivity index (χ2n) is 6.71. The van der Waals surface area contributed by atoms with E-state index >= 15 is 0 Å². The van der Waals surface area contributed by atoms with Gasteiger partial charge in [-0.3, -0.25) is 0 Å². The molecule has 0 amide bonds. The van der Waals surface area contributed by atoms with E-state index in [1.165, 1.54) is 4.85 Å². The van der Waals surface area contributed by atoms with Gasteiger partial charge in [-0.2, -0.15) is 0 Å². The van der Waals surface area contributed by atoms with Crippen molar-refractivity contribution >= 4 is 28.4 Å². The number of nitrogen functional groups attached to an aromatic ring is 2. The summed E-state index contributed by atoms with van der Waals surface area (Å²) in [7, 11) is 0. The fourth-order valence-corrected chi connectivity index (χ4v) is 2.36. The Hall–Kier alpha value is -3.02. The van der Waals surface area contributed by atoms with Crippen LogP contribution in [0.1, 0.15) is 20.8 Å². The van der Waals surface area contributed by atoms with Crippen LogP contribution < -0.4 is 16.3 Å². The molecule has 24 heavy (non-hydrogen) atoms. The SMILES string of the molecule is CC(C)(C)C(=O)On1nc(N)c2c(-c3ccc(N)cc3)cccc21. The molecule has 0 unspecified atom stereocenters. The van der Waals surface area contributed by atoms with Gasteiger partial charge in [0.2, 0.25) is 0 Å². The molecule has 0 spiro atoms. The Morgan fingerprint density at radius 3 is 2.38 bits per heavy atom. The molecular formula is C18H20N4O2. The number of nitrogens with zero attached hydrogens (tertiary/aromatic N) is 2. The number of nitrogens with two attached hydrogens (primary N) is 2. The van der Waals surface area contributed by atoms with Crippen LogP contribution in [0.15, 0.2) is 42.5 Å². The van der Waals surface area contributed by atoms with Crippen LogP contribution in [-0.4, -0.2) is 15.9 Å². The average molecular weight is 324 g/mol. The van der Waals surface area contributed by atoms with Crippen LogP contribution >= 0.6 is 0 Å². The van der Waals surface area contributed by atoms with Crippen molar-refractivity contribution in [1.29, 1.82) is 0 Å². The van der Waals surface area contributed by atoms with Gasteiger partial charge in [-0.1, -0.05) is 29.1 Å². The van der Waals surface area contributed by atoms with Crippen LogP contribution in [0.5, 0.6) is 0 Å². The first-order chi connectivity index (χ1) is 11.3. The van der Waals surface area contributed by atoms with Gasteiger partial charge in [0, 0.05) is 5.69 Å². The molecule has 0 aliphatic heterocycles. The summed E-state index contributed by atoms with van der Waals surface area (Å²) >= 11 is 0. The van der Waals surface area contributed by atoms with Gasteiger partial charge in [0.1, 0.15) is 5.52 Å². The number of fused-ring (bicyclic) bond motifs is 1. The predicted molar refractivity (Wildman–Crippen MR) is 95.0 cm³/mol. The zero-order valence-electron chi connectivity index (χ0n) is 13.9. The second-order valence-corrected chi connectivity index (χ2v) is 6.71. The topological polar surface area (TPSA) is 96.2 Å². The first-order valence-corrected chi connectivity index (χ1v) is 7.63. The smallest absolute Gasteiger partial charge is 0.340 e. The van der Waals surface area contributed by atoms with Gasteiger partial charge in [-0.15, -0.1) is 5.10 Å². The normalized spacial score (nSPS) is 11.6. The minimum Gasteiger partial charge on any atom is -0.399 e. The summed E-state index contributed by atoms with van der Waals surface area (Å²) in [5.74, 6) is -0.0797. The third-order valence-electron chi connectivity index (χ3n) is 3.71. The van der Waals surface area contributed by atoms with E-state index in [4.69, 9.17) is 16.3 Å². The van der Waals surface area contributed by atoms with E-state index in [1.54, 1.807) is 20.8 Å². The highest BCUT2D eigenvalue weighted by molar-refractivity contribution is 6.02. The van der Waals surface area contributed by atoms with Gasteiger partial charge >= 0.3 is 5.97 Å². The van der Waals surface area contributed by atoms with Gasteiger partial charge in [0.05, 0.1) is 10.8 Å². The zero-order valence-corrected chi connectivity index (χ0v) is 13.9. The minimum absolute atomic E-state index is 0.305. The summed E-state index contributed by atoms with van der Waals surface area (Å²) in [5, 5.41) is 4.91. The first-order valence-electron chi connectivity index (χ1n) is 7.63. The van der Waals surface area contributed by atoms with Crippen LogP contribution in [0.2, 0.25) is 0 Å². The Bertz CT molecular complexity index is 905. The molecular weight excluding hydrogens is 304 g/mol. The molecule has 1 aromatic heterocycles. The largest absolute Gasteiger partial charge is 0.399 e. The van der Waals surface area contributed by atoms with Crippen LogP contribution in [0.25, 0.3) is 22.0 Å². The van der Waals surface area contributed by atoms with E-state index < -0.39 is 5.41 Å². The minimum atomic E-state index is -0.637. The van der Waals surface area contributed by atoms with Gasteiger partial charge < -0.3 is 16.3 Å². The summed E-state index contributed by atoms with van der Waals surface area (Å²) in [6, 6.07) is 13.1. The van der Waals surface area contributed by atoms with Crippen molar-refractivity contribution in [3.05, 3.63) is 42.5 Å². The number of carbonyl (C=O) groups is 1. The van der Waals surface area contributed by atoms with Crippen molar-refractivity contribution in [2.24, 2.45) is 5.41 Å². The lowest BCUT2D eigenvalue weighted by Gasteiger charge is -2.15. The molecule has 4 N–H and O–H groups in total. The lowest BCUT2D eigenvalue weighted by molar-refractivity contribution is -0.154. The van der Waals surface area contributed by atoms with E-state index in [1.807, 2.05) is 42.5 Å². The molecule has 0 fully saturated rings. The van der Waals surface area contributed by atoms with E-state index in [0.717, 1.165) is 16.5 Å². The number of hydrogen-bond acceptors (Lipinski definition) is 5. The molecule has 3 aromatic rings. The van der Waals surface area contributed by atoms with Gasteiger partial charge in [-0.25, -0.2) is 4.79 Å². The summed E-state index contributed by atoms with van der Waals surface area (Å²) < 4.78 is 0. The van der Waals surface area contributed by atoms with E-state index in [2.05, 4.69) is 5.10 Å². The molecule has 6 nitrogen and oxygen atoms in total. The van der Waals surface area contributed by atoms with E-state index in [0.29, 0.717) is 17.0 Å². The molecule has 3 rings (SSSR count). The third-order valence-corrected chi connectivity index (χ3v) is 3.71. The van der Waals surface area contributed by atoms with Crippen molar-refractivity contribution in [2.75, 3.05) is 11.5 Å². The third kappa shape index (κ3) is 2.78. The zero-order chi connectivity index (χ0) is 17.5. The van der Waals surface area contributed by atoms with Gasteiger partial charge in [-0.05, 0) is 50.1 Å². The Morgan fingerprint density at radius 2 is 1.75 bits per heavy atom. The molecule has 0 radical (unpaired) electrons. The number of carbonyl (C=O) groups excluding carboxylic acids is 1. The molecule has 0 aliphatic carbocycles. The monoisotopic (exact) mass is 324 g/mol. The highest BCUT2D eigenvalue weighted by atomic mass is 16.7. The summed E-state index contributed by atoms with van der Waals surface area (Å²) in [6.07, 6.45) is 0. The van der Waals surface area contributed by atoms with Gasteiger partial charge in [0.25, 0.3) is 0 Å². The highest BCUT2D eigenvalue weighted by Crippen LogP contribution is 2.32. The van der Waals surface area contributed by atoms with Crippen LogP contribution in [0.4, 0.5) is 11.5 Å². The van der Waals surface area contributed by atoms with E-state index in [9.17, 15) is 4.79 Å². The van der Waals surface area contributed by atoms with E-state index in [-0.39, 0.29) is 5.97 Å². The van der Waals surface area contributed by atoms with Gasteiger partial charge in [0.15, 0.2) is 5.82 Å². The molecule has 6 heteroatoms. The predicted octanol–water partition coefficient (Wildman–Crippen LogP) is 2.87. The average Bonchev–Trinajstić information content (AvgIpc) is 2.84. The Labute approximate surface area is 140 Å². The van der Waals surface area contributed by atoms with Crippen molar-refractivity contribution in [3.63, 3.8) is 0 Å². The van der Waals surface area contributed by atoms with Crippen LogP contribution in [0, 0.1) is 5.41 Å². The molecule has 0 saturated carbocycles. The molecule has 0 saturated heterocycles. The Morgan fingerprint density at radius 1 is 1.08 bits per heavy atom. The number of anilines is 2. The molecule has 2 aromatic carbocycles. The van der Waals surface area contributed by atoms with Crippen LogP contribution in [0.3, 0.4) is 0 Å². The van der Waals surface area contributed by atoms with Crippen molar-refractivity contribution in [1.82, 2.24) is 9.94 Å². The summed E-state index contributed by atoms with van der Waals surface area (Å²) in [4.78, 5) is 18.7. The molecule has 0 aliphatic rings. The van der Waals surface area contributed by atoms with Crippen LogP contribution in [-0.2, 0) is 4.79 Å². The standard InChI is InChI=1S/C18H20N4O2/c1-18(2,3)17(23)24-22-14-6-4-5-13(15(14)16(20)21-22)11-7-9-12(19)10-8-11/h4-10H,19H2,1-3H3,(H2,20,21). The highest BCUT2D eigenvalue weighted by Gasteiger charge is 2.26. The summed E-state index contributed by atoms with van der Waals surface area (Å²) in [5.41, 5.74) is 14.4. The van der Waals surface area contributed by atoms with Crippen molar-refractivity contribution < 1.29 is 9.63 Å². The number of hydrogen-bond donors (Lipinski definition) is 2. The van der Waals surface area contributed by atoms with Crippen molar-refractivity contribution in [2.45, 2.75) is 20.8 Å². The number of benzene rings is 2. The maximum atomic E-state index is 12.1. The second kappa shape index (κ2) is 5.56. The molecule has 0 bridgehead atoms. The maximum Gasteiger partial charge on any atom is 0.340 e. The molecule has 124 valence electrons. The fourth-order valence-electron chi connectivity index (χ4n) is 2.36. The fraction of sp³-hybridized carbons (Fsp3) is 0.222. The van der Waals surface area contributed by atoms with Crippen molar-refractivity contribution in [3.8, 4) is 11.1 Å². The Kier molecular flexibility index (Phi) is 3.67. The summed E-state index contributed by atoms with van der Waals surface area (Å²) in [6.45, 7) is 5.35. The molecule has 0 atom stereocenters. The number of rotatable bonds is 2.